The van der Waals surface area contributed by atoms with Crippen LogP contribution in [0.4, 0.5) is 0 Å². The molecular formula is C29H50O4. The Balaban J connectivity index is 1.53. The maximum absolute atomic E-state index is 13.2. The van der Waals surface area contributed by atoms with Crippen LogP contribution in [0.25, 0.3) is 0 Å². The fraction of sp³-hybridized carbons (Fsp3) is 0.931. The van der Waals surface area contributed by atoms with Crippen LogP contribution in [0.2, 0.25) is 0 Å². The molecule has 0 aliphatic heterocycles. The minimum atomic E-state index is -0.340. The van der Waals surface area contributed by atoms with Gasteiger partial charge in [-0.1, -0.05) is 48.5 Å². The van der Waals surface area contributed by atoms with Gasteiger partial charge in [0.2, 0.25) is 0 Å². The Morgan fingerprint density at radius 2 is 0.970 bits per heavy atom. The lowest BCUT2D eigenvalue weighted by atomic mass is 9.71. The van der Waals surface area contributed by atoms with E-state index in [4.69, 9.17) is 9.47 Å². The molecule has 3 rings (SSSR count). The van der Waals surface area contributed by atoms with Gasteiger partial charge in [0, 0.05) is 0 Å². The Labute approximate surface area is 202 Å². The minimum Gasteiger partial charge on any atom is -0.462 e. The van der Waals surface area contributed by atoms with Gasteiger partial charge in [-0.2, -0.15) is 0 Å². The fourth-order valence-electron chi connectivity index (χ4n) is 6.52. The summed E-state index contributed by atoms with van der Waals surface area (Å²) in [5, 5.41) is 0. The molecule has 3 atom stereocenters. The Hall–Kier alpha value is -1.06. The quantitative estimate of drug-likeness (QED) is 0.410. The van der Waals surface area contributed by atoms with Crippen LogP contribution in [0.3, 0.4) is 0 Å². The van der Waals surface area contributed by atoms with Crippen LogP contribution < -0.4 is 0 Å². The summed E-state index contributed by atoms with van der Waals surface area (Å²) in [7, 11) is 0. The van der Waals surface area contributed by atoms with E-state index in [2.05, 4.69) is 48.5 Å². The van der Waals surface area contributed by atoms with Crippen molar-refractivity contribution < 1.29 is 19.1 Å². The smallest absolute Gasteiger partial charge is 0.310 e. The molecule has 3 fully saturated rings. The molecule has 3 aliphatic rings. The summed E-state index contributed by atoms with van der Waals surface area (Å²) in [5.41, 5.74) is 0.629. The summed E-state index contributed by atoms with van der Waals surface area (Å²) in [6.07, 6.45) is 10.7. The number of hydrogen-bond donors (Lipinski definition) is 0. The molecule has 0 aromatic heterocycles. The second kappa shape index (κ2) is 10.7. The van der Waals surface area contributed by atoms with Crippen molar-refractivity contribution in [3.63, 3.8) is 0 Å². The van der Waals surface area contributed by atoms with Crippen LogP contribution in [0, 0.1) is 40.4 Å². The molecule has 0 bridgehead atoms. The van der Waals surface area contributed by atoms with Crippen molar-refractivity contribution >= 4 is 11.9 Å². The molecule has 0 N–H and O–H groups in total. The molecule has 4 heteroatoms. The molecule has 3 unspecified atom stereocenters. The van der Waals surface area contributed by atoms with E-state index in [0.29, 0.717) is 28.6 Å². The normalized spacial score (nSPS) is 36.2. The molecule has 0 radical (unpaired) electrons. The van der Waals surface area contributed by atoms with E-state index in [-0.39, 0.29) is 36.0 Å². The van der Waals surface area contributed by atoms with E-state index >= 15 is 0 Å². The maximum atomic E-state index is 13.2. The Kier molecular flexibility index (Phi) is 8.60. The summed E-state index contributed by atoms with van der Waals surface area (Å²) >= 11 is 0. The third-order valence-electron chi connectivity index (χ3n) is 9.08. The van der Waals surface area contributed by atoms with Gasteiger partial charge in [0.05, 0.1) is 11.8 Å². The molecule has 3 saturated carbocycles. The zero-order chi connectivity index (χ0) is 24.4. The lowest BCUT2D eigenvalue weighted by Gasteiger charge is -2.39. The minimum absolute atomic E-state index is 0.0117. The standard InChI is InChI=1S/C29H50O4/c1-19-8-17-24(26(30)32-22-13-9-20(10-14-22)28(2,3)4)25(18-19)27(31)33-23-15-11-21(12-16-23)29(5,6)7/h19-25H,8-18H2,1-7H3. The van der Waals surface area contributed by atoms with Gasteiger partial charge in [-0.3, -0.25) is 9.59 Å². The van der Waals surface area contributed by atoms with Crippen LogP contribution >= 0.6 is 0 Å². The van der Waals surface area contributed by atoms with Gasteiger partial charge in [0.25, 0.3) is 0 Å². The SMILES string of the molecule is CC1CCC(C(=O)OC2CCC(C(C)(C)C)CC2)C(C(=O)OC2CCC(C(C)(C)C)CC2)C1. The summed E-state index contributed by atoms with van der Waals surface area (Å²) in [6.45, 7) is 16.0. The number of carbonyl (C=O) groups excluding carboxylic acids is 2. The number of carbonyl (C=O) groups is 2. The van der Waals surface area contributed by atoms with Crippen LogP contribution in [0.5, 0.6) is 0 Å². The zero-order valence-corrected chi connectivity index (χ0v) is 22.5. The molecule has 0 aromatic rings. The van der Waals surface area contributed by atoms with Crippen LogP contribution in [-0.2, 0) is 19.1 Å². The largest absolute Gasteiger partial charge is 0.462 e. The molecule has 3 aliphatic carbocycles. The highest BCUT2D eigenvalue weighted by molar-refractivity contribution is 5.82. The summed E-state index contributed by atoms with van der Waals surface area (Å²) in [6, 6.07) is 0. The fourth-order valence-corrected chi connectivity index (χ4v) is 6.52. The lowest BCUT2D eigenvalue weighted by molar-refractivity contribution is -0.172. The Morgan fingerprint density at radius 3 is 1.36 bits per heavy atom. The van der Waals surface area contributed by atoms with Gasteiger partial charge in [0.15, 0.2) is 0 Å². The van der Waals surface area contributed by atoms with Crippen molar-refractivity contribution in [2.75, 3.05) is 0 Å². The average molecular weight is 463 g/mol. The molecule has 0 heterocycles. The average Bonchev–Trinajstić information content (AvgIpc) is 2.73. The van der Waals surface area contributed by atoms with E-state index in [1.165, 1.54) is 0 Å². The topological polar surface area (TPSA) is 52.6 Å². The molecular weight excluding hydrogens is 412 g/mol. The van der Waals surface area contributed by atoms with Gasteiger partial charge < -0.3 is 9.47 Å². The summed E-state index contributed by atoms with van der Waals surface area (Å²) in [4.78, 5) is 26.4. The highest BCUT2D eigenvalue weighted by Crippen LogP contribution is 2.42. The number of esters is 2. The summed E-state index contributed by atoms with van der Waals surface area (Å²) in [5.74, 6) is 0.855. The zero-order valence-electron chi connectivity index (χ0n) is 22.5. The molecule has 33 heavy (non-hydrogen) atoms. The molecule has 0 amide bonds. The van der Waals surface area contributed by atoms with E-state index in [1.807, 2.05) is 0 Å². The van der Waals surface area contributed by atoms with Crippen molar-refractivity contribution in [1.29, 1.82) is 0 Å². The van der Waals surface area contributed by atoms with Crippen molar-refractivity contribution in [1.82, 2.24) is 0 Å². The van der Waals surface area contributed by atoms with E-state index in [9.17, 15) is 9.59 Å². The third kappa shape index (κ3) is 7.21. The third-order valence-corrected chi connectivity index (χ3v) is 9.08. The second-order valence-electron chi connectivity index (χ2n) is 13.7. The monoisotopic (exact) mass is 462 g/mol. The van der Waals surface area contributed by atoms with E-state index in [0.717, 1.165) is 70.6 Å². The van der Waals surface area contributed by atoms with Crippen molar-refractivity contribution in [3.05, 3.63) is 0 Å². The molecule has 4 nitrogen and oxygen atoms in total. The lowest BCUT2D eigenvalue weighted by Crippen LogP contribution is -2.40. The Bertz CT molecular complexity index is 654. The van der Waals surface area contributed by atoms with Crippen LogP contribution in [0.15, 0.2) is 0 Å². The van der Waals surface area contributed by atoms with Crippen LogP contribution in [0.1, 0.15) is 119 Å². The van der Waals surface area contributed by atoms with Gasteiger partial charge in [-0.05, 0) is 99.2 Å². The first kappa shape index (κ1) is 26.5. The van der Waals surface area contributed by atoms with Gasteiger partial charge in [-0.25, -0.2) is 0 Å². The van der Waals surface area contributed by atoms with Crippen LogP contribution in [-0.4, -0.2) is 24.1 Å². The Morgan fingerprint density at radius 1 is 0.576 bits per heavy atom. The molecule has 0 aromatic carbocycles. The number of ether oxygens (including phenoxy) is 2. The first-order valence-corrected chi connectivity index (χ1v) is 13.8. The van der Waals surface area contributed by atoms with E-state index in [1.54, 1.807) is 0 Å². The molecule has 190 valence electrons. The van der Waals surface area contributed by atoms with Crippen molar-refractivity contribution in [2.24, 2.45) is 40.4 Å². The first-order valence-electron chi connectivity index (χ1n) is 13.8. The molecule has 0 saturated heterocycles. The highest BCUT2D eigenvalue weighted by atomic mass is 16.6. The summed E-state index contributed by atoms with van der Waals surface area (Å²) < 4.78 is 12.0. The molecule has 0 spiro atoms. The maximum Gasteiger partial charge on any atom is 0.310 e. The highest BCUT2D eigenvalue weighted by Gasteiger charge is 2.42. The predicted octanol–water partition coefficient (Wildman–Crippen LogP) is 7.34. The van der Waals surface area contributed by atoms with Crippen molar-refractivity contribution in [3.8, 4) is 0 Å². The second-order valence-corrected chi connectivity index (χ2v) is 13.7. The number of hydrogen-bond acceptors (Lipinski definition) is 4. The first-order chi connectivity index (χ1) is 15.3. The predicted molar refractivity (Wildman–Crippen MR) is 133 cm³/mol. The van der Waals surface area contributed by atoms with Gasteiger partial charge >= 0.3 is 11.9 Å². The van der Waals surface area contributed by atoms with Gasteiger partial charge in [0.1, 0.15) is 12.2 Å². The van der Waals surface area contributed by atoms with Gasteiger partial charge in [-0.15, -0.1) is 0 Å². The van der Waals surface area contributed by atoms with E-state index < -0.39 is 0 Å². The number of rotatable bonds is 4. The van der Waals surface area contributed by atoms with Crippen molar-refractivity contribution in [2.45, 2.75) is 131 Å².